The quantitative estimate of drug-likeness (QED) is 0.728. The minimum Gasteiger partial charge on any atom is -0.465 e. The molecule has 1 N–H and O–H groups in total. The van der Waals surface area contributed by atoms with Gasteiger partial charge >= 0.3 is 0 Å². The van der Waals surface area contributed by atoms with Crippen molar-refractivity contribution in [3.05, 3.63) is 73.0 Å². The van der Waals surface area contributed by atoms with Gasteiger partial charge in [-0.05, 0) is 61.9 Å². The van der Waals surface area contributed by atoms with Crippen molar-refractivity contribution in [1.29, 1.82) is 0 Å². The second-order valence-electron chi connectivity index (χ2n) is 6.56. The van der Waals surface area contributed by atoms with Crippen molar-refractivity contribution in [3.8, 4) is 5.69 Å². The van der Waals surface area contributed by atoms with Gasteiger partial charge in [-0.25, -0.2) is 4.68 Å². The fourth-order valence-electron chi connectivity index (χ4n) is 3.41. The van der Waals surface area contributed by atoms with Crippen molar-refractivity contribution in [2.24, 2.45) is 0 Å². The molecule has 1 saturated heterocycles. The minimum absolute atomic E-state index is 0.0384. The maximum atomic E-state index is 12.8. The summed E-state index contributed by atoms with van der Waals surface area (Å²) in [5.74, 6) is 0.863. The predicted octanol–water partition coefficient (Wildman–Crippen LogP) is 3.58. The molecule has 1 atom stereocenters. The van der Waals surface area contributed by atoms with Gasteiger partial charge in [0.05, 0.1) is 18.0 Å². The van der Waals surface area contributed by atoms with Crippen molar-refractivity contribution in [3.63, 3.8) is 0 Å². The molecule has 27 heavy (non-hydrogen) atoms. The summed E-state index contributed by atoms with van der Waals surface area (Å²) in [6.07, 6.45) is 11.2. The van der Waals surface area contributed by atoms with E-state index in [1.807, 2.05) is 60.8 Å². The zero-order valence-corrected chi connectivity index (χ0v) is 15.0. The predicted molar refractivity (Wildman–Crippen MR) is 105 cm³/mol. The van der Waals surface area contributed by atoms with Crippen molar-refractivity contribution < 1.29 is 9.21 Å². The topological polar surface area (TPSA) is 63.3 Å². The molecular formula is C21H22N4O2. The smallest absolute Gasteiger partial charge is 0.241 e. The minimum atomic E-state index is -0.111. The number of benzene rings is 1. The molecule has 0 bridgehead atoms. The average Bonchev–Trinajstić information content (AvgIpc) is 3.44. The molecule has 1 amide bonds. The third-order valence-electron chi connectivity index (χ3n) is 4.71. The number of hydrogen-bond donors (Lipinski definition) is 1. The lowest BCUT2D eigenvalue weighted by molar-refractivity contribution is -0.120. The molecule has 0 saturated carbocycles. The number of nitrogens with one attached hydrogen (secondary N) is 1. The van der Waals surface area contributed by atoms with Crippen molar-refractivity contribution in [2.45, 2.75) is 18.9 Å². The fraction of sp³-hybridized carbons (Fsp3) is 0.238. The lowest BCUT2D eigenvalue weighted by atomic mass is 10.2. The number of nitrogens with zero attached hydrogens (tertiary/aromatic N) is 3. The van der Waals surface area contributed by atoms with E-state index < -0.39 is 0 Å². The van der Waals surface area contributed by atoms with Gasteiger partial charge in [0.1, 0.15) is 5.76 Å². The number of carbonyl (C=O) groups excluding carboxylic acids is 1. The number of carbonyl (C=O) groups is 1. The van der Waals surface area contributed by atoms with Gasteiger partial charge in [0.2, 0.25) is 5.91 Å². The van der Waals surface area contributed by atoms with Gasteiger partial charge < -0.3 is 9.73 Å². The van der Waals surface area contributed by atoms with Gasteiger partial charge in [-0.3, -0.25) is 9.69 Å². The Kier molecular flexibility index (Phi) is 5.16. The van der Waals surface area contributed by atoms with Crippen LogP contribution in [0.15, 0.2) is 71.6 Å². The Morgan fingerprint density at radius 3 is 3.07 bits per heavy atom. The molecule has 0 aliphatic carbocycles. The first kappa shape index (κ1) is 17.3. The number of hydrogen-bond acceptors (Lipinski definition) is 4. The van der Waals surface area contributed by atoms with Crippen LogP contribution in [0.1, 0.15) is 18.6 Å². The maximum absolute atomic E-state index is 12.8. The maximum Gasteiger partial charge on any atom is 0.241 e. The van der Waals surface area contributed by atoms with E-state index in [1.165, 1.54) is 0 Å². The van der Waals surface area contributed by atoms with Crippen molar-refractivity contribution >= 4 is 17.7 Å². The SMILES string of the molecule is O=C(Nc1cccc(-n2cccn2)c1)C1CCCN1CC=Cc1ccco1. The Morgan fingerprint density at radius 1 is 1.30 bits per heavy atom. The summed E-state index contributed by atoms with van der Waals surface area (Å²) in [4.78, 5) is 15.0. The first-order valence-corrected chi connectivity index (χ1v) is 9.15. The Labute approximate surface area is 158 Å². The Morgan fingerprint density at radius 2 is 2.26 bits per heavy atom. The molecule has 0 spiro atoms. The van der Waals surface area contributed by atoms with Crippen LogP contribution in [0.5, 0.6) is 0 Å². The van der Waals surface area contributed by atoms with Gasteiger partial charge in [-0.15, -0.1) is 0 Å². The van der Waals surface area contributed by atoms with Crippen LogP contribution in [-0.2, 0) is 4.79 Å². The molecule has 6 nitrogen and oxygen atoms in total. The van der Waals surface area contributed by atoms with E-state index >= 15 is 0 Å². The molecule has 1 aliphatic heterocycles. The van der Waals surface area contributed by atoms with Gasteiger partial charge in [0.25, 0.3) is 0 Å². The Hall–Kier alpha value is -3.12. The van der Waals surface area contributed by atoms with E-state index in [1.54, 1.807) is 17.1 Å². The highest BCUT2D eigenvalue weighted by molar-refractivity contribution is 5.95. The van der Waals surface area contributed by atoms with Crippen LogP contribution >= 0.6 is 0 Å². The van der Waals surface area contributed by atoms with E-state index in [-0.39, 0.29) is 11.9 Å². The van der Waals surface area contributed by atoms with E-state index in [0.717, 1.165) is 43.1 Å². The lowest BCUT2D eigenvalue weighted by Crippen LogP contribution is -2.39. The largest absolute Gasteiger partial charge is 0.465 e. The molecule has 6 heteroatoms. The number of likely N-dealkylation sites (tertiary alicyclic amines) is 1. The van der Waals surface area contributed by atoms with Crippen molar-refractivity contribution in [2.75, 3.05) is 18.4 Å². The monoisotopic (exact) mass is 362 g/mol. The van der Waals surface area contributed by atoms with Gasteiger partial charge in [0, 0.05) is 24.6 Å². The Bertz CT molecular complexity index is 900. The van der Waals surface area contributed by atoms with Crippen LogP contribution in [0.2, 0.25) is 0 Å². The molecule has 138 valence electrons. The molecule has 1 fully saturated rings. The first-order valence-electron chi connectivity index (χ1n) is 9.15. The first-order chi connectivity index (χ1) is 13.3. The third kappa shape index (κ3) is 4.17. The molecular weight excluding hydrogens is 340 g/mol. The van der Waals surface area contributed by atoms with Crippen LogP contribution in [-0.4, -0.2) is 39.7 Å². The third-order valence-corrected chi connectivity index (χ3v) is 4.71. The number of anilines is 1. The fourth-order valence-corrected chi connectivity index (χ4v) is 3.41. The summed E-state index contributed by atoms with van der Waals surface area (Å²) in [5, 5.41) is 7.29. The number of furan rings is 1. The van der Waals surface area contributed by atoms with E-state index in [4.69, 9.17) is 4.42 Å². The van der Waals surface area contributed by atoms with E-state index in [9.17, 15) is 4.79 Å². The average molecular weight is 362 g/mol. The number of amides is 1. The standard InChI is InChI=1S/C21H22N4O2/c26-21(23-17-6-1-7-18(16-17)25-14-5-11-22-25)20-10-3-13-24(20)12-2-8-19-9-4-15-27-19/h1-2,4-9,11,14-16,20H,3,10,12-13H2,(H,23,26). The molecule has 1 aromatic carbocycles. The van der Waals surface area contributed by atoms with Crippen LogP contribution in [0.4, 0.5) is 5.69 Å². The zero-order chi connectivity index (χ0) is 18.5. The van der Waals surface area contributed by atoms with Crippen LogP contribution in [0.3, 0.4) is 0 Å². The highest BCUT2D eigenvalue weighted by Gasteiger charge is 2.29. The Balaban J connectivity index is 1.39. The second-order valence-corrected chi connectivity index (χ2v) is 6.56. The van der Waals surface area contributed by atoms with Crippen LogP contribution in [0.25, 0.3) is 11.8 Å². The normalized spacial score (nSPS) is 17.6. The summed E-state index contributed by atoms with van der Waals surface area (Å²) < 4.78 is 7.08. The highest BCUT2D eigenvalue weighted by Crippen LogP contribution is 2.20. The molecule has 1 aliphatic rings. The molecule has 4 rings (SSSR count). The van der Waals surface area contributed by atoms with Crippen molar-refractivity contribution in [1.82, 2.24) is 14.7 Å². The summed E-state index contributed by atoms with van der Waals surface area (Å²) in [7, 11) is 0. The summed E-state index contributed by atoms with van der Waals surface area (Å²) in [5.41, 5.74) is 1.70. The van der Waals surface area contributed by atoms with Gasteiger partial charge in [-0.2, -0.15) is 5.10 Å². The molecule has 2 aromatic heterocycles. The van der Waals surface area contributed by atoms with E-state index in [2.05, 4.69) is 15.3 Å². The van der Waals surface area contributed by atoms with Gasteiger partial charge in [-0.1, -0.05) is 12.1 Å². The molecule has 3 aromatic rings. The number of aromatic nitrogens is 2. The lowest BCUT2D eigenvalue weighted by Gasteiger charge is -2.22. The zero-order valence-electron chi connectivity index (χ0n) is 15.0. The van der Waals surface area contributed by atoms with E-state index in [0.29, 0.717) is 0 Å². The molecule has 3 heterocycles. The van der Waals surface area contributed by atoms with Crippen LogP contribution in [0, 0.1) is 0 Å². The van der Waals surface area contributed by atoms with Gasteiger partial charge in [0.15, 0.2) is 0 Å². The van der Waals surface area contributed by atoms with Crippen LogP contribution < -0.4 is 5.32 Å². The summed E-state index contributed by atoms with van der Waals surface area (Å²) in [6, 6.07) is 13.3. The summed E-state index contributed by atoms with van der Waals surface area (Å²) >= 11 is 0. The molecule has 0 radical (unpaired) electrons. The summed E-state index contributed by atoms with van der Waals surface area (Å²) in [6.45, 7) is 1.65. The molecule has 1 unspecified atom stereocenters. The second kappa shape index (κ2) is 8.05. The number of rotatable bonds is 6. The highest BCUT2D eigenvalue weighted by atomic mass is 16.3.